The van der Waals surface area contributed by atoms with E-state index < -0.39 is 0 Å². The number of nitrogens with zero attached hydrogens (tertiary/aromatic N) is 3. The van der Waals surface area contributed by atoms with Crippen LogP contribution in [0, 0.1) is 0 Å². The maximum absolute atomic E-state index is 5.88. The molecule has 1 aromatic carbocycles. The average Bonchev–Trinajstić information content (AvgIpc) is 2.41. The summed E-state index contributed by atoms with van der Waals surface area (Å²) in [6.07, 6.45) is 1.61. The minimum Gasteiger partial charge on any atom is -0.357 e. The van der Waals surface area contributed by atoms with Crippen molar-refractivity contribution in [1.82, 2.24) is 9.97 Å². The van der Waals surface area contributed by atoms with Crippen molar-refractivity contribution < 1.29 is 0 Å². The number of halogens is 2. The van der Waals surface area contributed by atoms with Gasteiger partial charge in [-0.25, -0.2) is 9.97 Å². The number of benzene rings is 1. The Bertz CT molecular complexity index is 510. The van der Waals surface area contributed by atoms with Gasteiger partial charge in [-0.1, -0.05) is 23.7 Å². The van der Waals surface area contributed by atoms with Crippen molar-refractivity contribution in [3.05, 3.63) is 41.7 Å². The van der Waals surface area contributed by atoms with Crippen LogP contribution in [0.2, 0.25) is 5.02 Å². The molecular weight excluding hydrogens is 281 g/mol. The van der Waals surface area contributed by atoms with Gasteiger partial charge in [0.05, 0.1) is 5.69 Å². The predicted molar refractivity (Wildman–Crippen MR) is 83.3 cm³/mol. The molecule has 0 aliphatic carbocycles. The van der Waals surface area contributed by atoms with Crippen molar-refractivity contribution in [1.29, 1.82) is 0 Å². The van der Waals surface area contributed by atoms with Gasteiger partial charge in [-0.2, -0.15) is 0 Å². The van der Waals surface area contributed by atoms with Gasteiger partial charge in [0.15, 0.2) is 0 Å². The van der Waals surface area contributed by atoms with Crippen LogP contribution in [-0.4, -0.2) is 23.1 Å². The average molecular weight is 298 g/mol. The highest BCUT2D eigenvalue weighted by Crippen LogP contribution is 2.22. The lowest BCUT2D eigenvalue weighted by Gasteiger charge is -2.19. The van der Waals surface area contributed by atoms with Crippen LogP contribution in [0.3, 0.4) is 0 Å². The molecule has 5 heteroatoms. The second kappa shape index (κ2) is 7.31. The number of aromatic nitrogens is 2. The zero-order chi connectivity index (χ0) is 13.0. The molecule has 1 heterocycles. The minimum atomic E-state index is 0. The molecule has 102 valence electrons. The maximum atomic E-state index is 5.88. The van der Waals surface area contributed by atoms with Gasteiger partial charge >= 0.3 is 0 Å². The third-order valence-corrected chi connectivity index (χ3v) is 3.13. The Balaban J connectivity index is 0.00000180. The molecule has 0 radical (unpaired) electrons. The Labute approximate surface area is 125 Å². The molecule has 0 N–H and O–H groups in total. The quantitative estimate of drug-likeness (QED) is 0.852. The number of anilines is 1. The molecule has 0 unspecified atom stereocenters. The van der Waals surface area contributed by atoms with Gasteiger partial charge in [-0.05, 0) is 26.0 Å². The van der Waals surface area contributed by atoms with Gasteiger partial charge < -0.3 is 4.90 Å². The molecule has 0 spiro atoms. The number of rotatable bonds is 4. The van der Waals surface area contributed by atoms with Crippen molar-refractivity contribution in [3.8, 4) is 11.3 Å². The summed E-state index contributed by atoms with van der Waals surface area (Å²) in [6.45, 7) is 6.11. The third kappa shape index (κ3) is 3.82. The molecule has 0 atom stereocenters. The van der Waals surface area contributed by atoms with Gasteiger partial charge in [-0.15, -0.1) is 12.4 Å². The molecule has 0 bridgehead atoms. The molecule has 0 fully saturated rings. The molecule has 3 nitrogen and oxygen atoms in total. The largest absolute Gasteiger partial charge is 0.357 e. The summed E-state index contributed by atoms with van der Waals surface area (Å²) in [7, 11) is 0. The Hall–Kier alpha value is -1.32. The SMILES string of the molecule is CCN(CC)c1cc(-c2ccc(Cl)cc2)ncn1.Cl. The molecule has 0 amide bonds. The minimum absolute atomic E-state index is 0. The van der Waals surface area contributed by atoms with Gasteiger partial charge in [0.1, 0.15) is 12.1 Å². The summed E-state index contributed by atoms with van der Waals surface area (Å²) in [5.41, 5.74) is 1.97. The van der Waals surface area contributed by atoms with E-state index in [1.54, 1.807) is 6.33 Å². The van der Waals surface area contributed by atoms with E-state index in [-0.39, 0.29) is 12.4 Å². The molecule has 19 heavy (non-hydrogen) atoms. The lowest BCUT2D eigenvalue weighted by atomic mass is 10.1. The highest BCUT2D eigenvalue weighted by molar-refractivity contribution is 6.30. The highest BCUT2D eigenvalue weighted by Gasteiger charge is 2.06. The monoisotopic (exact) mass is 297 g/mol. The summed E-state index contributed by atoms with van der Waals surface area (Å²) in [6, 6.07) is 9.69. The fraction of sp³-hybridized carbons (Fsp3) is 0.286. The summed E-state index contributed by atoms with van der Waals surface area (Å²) in [5.74, 6) is 0.958. The molecule has 0 aliphatic heterocycles. The van der Waals surface area contributed by atoms with E-state index in [0.717, 1.165) is 35.2 Å². The second-order valence-corrected chi connectivity index (χ2v) is 4.38. The maximum Gasteiger partial charge on any atom is 0.132 e. The van der Waals surface area contributed by atoms with Gasteiger partial charge in [-0.3, -0.25) is 0 Å². The number of hydrogen-bond acceptors (Lipinski definition) is 3. The van der Waals surface area contributed by atoms with Crippen LogP contribution in [0.4, 0.5) is 5.82 Å². The summed E-state index contributed by atoms with van der Waals surface area (Å²) >= 11 is 5.88. The van der Waals surface area contributed by atoms with Crippen LogP contribution < -0.4 is 4.90 Å². The first-order valence-electron chi connectivity index (χ1n) is 6.07. The van der Waals surface area contributed by atoms with Crippen molar-refractivity contribution in [3.63, 3.8) is 0 Å². The van der Waals surface area contributed by atoms with Crippen molar-refractivity contribution >= 4 is 29.8 Å². The lowest BCUT2D eigenvalue weighted by Crippen LogP contribution is -2.22. The Morgan fingerprint density at radius 3 is 2.26 bits per heavy atom. The van der Waals surface area contributed by atoms with Crippen LogP contribution >= 0.6 is 24.0 Å². The molecule has 0 saturated carbocycles. The number of hydrogen-bond donors (Lipinski definition) is 0. The van der Waals surface area contributed by atoms with Crippen LogP contribution in [0.1, 0.15) is 13.8 Å². The van der Waals surface area contributed by atoms with Crippen molar-refractivity contribution in [2.24, 2.45) is 0 Å². The molecular formula is C14H17Cl2N3. The zero-order valence-electron chi connectivity index (χ0n) is 11.0. The van der Waals surface area contributed by atoms with E-state index in [2.05, 4.69) is 28.7 Å². The zero-order valence-corrected chi connectivity index (χ0v) is 12.6. The molecule has 2 rings (SSSR count). The Kier molecular flexibility index (Phi) is 6.06. The second-order valence-electron chi connectivity index (χ2n) is 3.94. The standard InChI is InChI=1S/C14H16ClN3.ClH/c1-3-18(4-2)14-9-13(16-10-17-14)11-5-7-12(15)8-6-11;/h5-10H,3-4H2,1-2H3;1H. The molecule has 2 aromatic rings. The normalized spacial score (nSPS) is 9.84. The first kappa shape index (κ1) is 15.7. The van der Waals surface area contributed by atoms with E-state index in [1.165, 1.54) is 0 Å². The lowest BCUT2D eigenvalue weighted by molar-refractivity contribution is 0.842. The highest BCUT2D eigenvalue weighted by atomic mass is 35.5. The Morgan fingerprint density at radius 1 is 1.05 bits per heavy atom. The van der Waals surface area contributed by atoms with Gasteiger partial charge in [0.25, 0.3) is 0 Å². The predicted octanol–water partition coefficient (Wildman–Crippen LogP) is 4.07. The van der Waals surface area contributed by atoms with Crippen molar-refractivity contribution in [2.45, 2.75) is 13.8 Å². The summed E-state index contributed by atoms with van der Waals surface area (Å²) < 4.78 is 0. The van der Waals surface area contributed by atoms with E-state index in [1.807, 2.05) is 30.3 Å². The van der Waals surface area contributed by atoms with Crippen LogP contribution in [0.5, 0.6) is 0 Å². The third-order valence-electron chi connectivity index (χ3n) is 2.88. The van der Waals surface area contributed by atoms with E-state index in [0.29, 0.717) is 0 Å². The van der Waals surface area contributed by atoms with E-state index in [4.69, 9.17) is 11.6 Å². The van der Waals surface area contributed by atoms with Crippen molar-refractivity contribution in [2.75, 3.05) is 18.0 Å². The van der Waals surface area contributed by atoms with Crippen LogP contribution in [-0.2, 0) is 0 Å². The summed E-state index contributed by atoms with van der Waals surface area (Å²) in [4.78, 5) is 10.8. The van der Waals surface area contributed by atoms with E-state index >= 15 is 0 Å². The molecule has 0 aliphatic rings. The Morgan fingerprint density at radius 2 is 1.68 bits per heavy atom. The van der Waals surface area contributed by atoms with Crippen LogP contribution in [0.25, 0.3) is 11.3 Å². The first-order chi connectivity index (χ1) is 8.74. The fourth-order valence-corrected chi connectivity index (χ4v) is 1.97. The van der Waals surface area contributed by atoms with Crippen LogP contribution in [0.15, 0.2) is 36.7 Å². The molecule has 0 saturated heterocycles. The summed E-state index contributed by atoms with van der Waals surface area (Å²) in [5, 5.41) is 0.733. The van der Waals surface area contributed by atoms with E-state index in [9.17, 15) is 0 Å². The molecule has 1 aromatic heterocycles. The smallest absolute Gasteiger partial charge is 0.132 e. The first-order valence-corrected chi connectivity index (χ1v) is 6.45. The fourth-order valence-electron chi connectivity index (χ4n) is 1.85. The van der Waals surface area contributed by atoms with Gasteiger partial charge in [0.2, 0.25) is 0 Å². The van der Waals surface area contributed by atoms with Gasteiger partial charge in [0, 0.05) is 29.7 Å². The topological polar surface area (TPSA) is 29.0 Å².